The van der Waals surface area contributed by atoms with Crippen molar-refractivity contribution >= 4 is 21.6 Å². The minimum atomic E-state index is -4.14. The molecule has 3 aromatic rings. The van der Waals surface area contributed by atoms with E-state index in [4.69, 9.17) is 0 Å². The zero-order valence-electron chi connectivity index (χ0n) is 20.6. The molecule has 0 unspecified atom stereocenters. The SMILES string of the molecule is Cc1ccc(S(=O)(=O)N2C(=O)[C@@]34CCC[C@]3(C#Cc3ccccc3)N(c3ccccc3O)[C@@H]2CC4)cc1. The average Bonchev–Trinajstić information content (AvgIpc) is 3.29. The molecule has 3 saturated heterocycles. The van der Waals surface area contributed by atoms with Gasteiger partial charge in [0.1, 0.15) is 17.5 Å². The molecular formula is C30H28N2O4S. The van der Waals surface area contributed by atoms with Gasteiger partial charge in [0.2, 0.25) is 5.91 Å². The van der Waals surface area contributed by atoms with Crippen LogP contribution in [0.15, 0.2) is 83.8 Å². The summed E-state index contributed by atoms with van der Waals surface area (Å²) in [4.78, 5) is 16.4. The van der Waals surface area contributed by atoms with E-state index in [1.807, 2.05) is 48.2 Å². The highest BCUT2D eigenvalue weighted by atomic mass is 32.2. The quantitative estimate of drug-likeness (QED) is 0.509. The molecule has 7 heteroatoms. The van der Waals surface area contributed by atoms with Gasteiger partial charge in [-0.3, -0.25) is 4.79 Å². The number of nitrogens with zero attached hydrogens (tertiary/aromatic N) is 2. The van der Waals surface area contributed by atoms with Crippen molar-refractivity contribution in [2.24, 2.45) is 5.41 Å². The summed E-state index contributed by atoms with van der Waals surface area (Å²) < 4.78 is 29.1. The van der Waals surface area contributed by atoms with E-state index in [2.05, 4.69) is 11.8 Å². The zero-order valence-corrected chi connectivity index (χ0v) is 21.4. The minimum absolute atomic E-state index is 0.0399. The molecule has 3 atom stereocenters. The molecule has 0 aromatic heterocycles. The number of amides is 1. The van der Waals surface area contributed by atoms with Gasteiger partial charge in [0.25, 0.3) is 10.0 Å². The first-order chi connectivity index (χ1) is 17.8. The summed E-state index contributed by atoms with van der Waals surface area (Å²) in [5, 5.41) is 11.0. The molecule has 4 fully saturated rings. The Morgan fingerprint density at radius 3 is 2.35 bits per heavy atom. The number of hydrogen-bond donors (Lipinski definition) is 1. The van der Waals surface area contributed by atoms with E-state index in [-0.39, 0.29) is 16.6 Å². The number of carbonyl (C=O) groups excluding carboxylic acids is 1. The van der Waals surface area contributed by atoms with E-state index in [9.17, 15) is 18.3 Å². The molecule has 1 N–H and O–H groups in total. The van der Waals surface area contributed by atoms with Gasteiger partial charge in [-0.1, -0.05) is 59.9 Å². The summed E-state index contributed by atoms with van der Waals surface area (Å²) in [7, 11) is -4.14. The van der Waals surface area contributed by atoms with Gasteiger partial charge in [-0.05, 0) is 75.4 Å². The monoisotopic (exact) mass is 512 g/mol. The number of phenols is 1. The first-order valence-electron chi connectivity index (χ1n) is 12.6. The fourth-order valence-corrected chi connectivity index (χ4v) is 8.18. The van der Waals surface area contributed by atoms with Gasteiger partial charge >= 0.3 is 0 Å². The van der Waals surface area contributed by atoms with Crippen LogP contribution in [0.25, 0.3) is 0 Å². The number of fused-ring (bicyclic) bond motifs is 2. The second-order valence-corrected chi connectivity index (χ2v) is 12.0. The maximum absolute atomic E-state index is 14.3. The normalized spacial score (nSPS) is 26.5. The number of aromatic hydroxyl groups is 1. The fourth-order valence-electron chi connectivity index (χ4n) is 6.56. The van der Waals surface area contributed by atoms with Crippen molar-refractivity contribution in [3.63, 3.8) is 0 Å². The van der Waals surface area contributed by atoms with Crippen molar-refractivity contribution in [1.29, 1.82) is 0 Å². The van der Waals surface area contributed by atoms with Crippen LogP contribution < -0.4 is 4.90 Å². The molecule has 1 amide bonds. The summed E-state index contributed by atoms with van der Waals surface area (Å²) in [6, 6.07) is 23.1. The number of sulfonamides is 1. The maximum Gasteiger partial charge on any atom is 0.268 e. The lowest BCUT2D eigenvalue weighted by Crippen LogP contribution is -2.78. The minimum Gasteiger partial charge on any atom is -0.506 e. The molecule has 3 aromatic carbocycles. The number of para-hydroxylation sites is 2. The van der Waals surface area contributed by atoms with Crippen molar-refractivity contribution in [1.82, 2.24) is 4.31 Å². The van der Waals surface area contributed by atoms with Gasteiger partial charge in [-0.25, -0.2) is 12.7 Å². The van der Waals surface area contributed by atoms with Gasteiger partial charge in [-0.15, -0.1) is 0 Å². The van der Waals surface area contributed by atoms with E-state index in [1.165, 1.54) is 0 Å². The summed E-state index contributed by atoms with van der Waals surface area (Å²) in [6.07, 6.45) is 2.14. The van der Waals surface area contributed by atoms with Crippen molar-refractivity contribution < 1.29 is 18.3 Å². The molecule has 4 aliphatic rings. The van der Waals surface area contributed by atoms with Crippen molar-refractivity contribution in [3.05, 3.63) is 90.0 Å². The number of anilines is 1. The van der Waals surface area contributed by atoms with E-state index in [1.54, 1.807) is 42.5 Å². The molecule has 1 aliphatic carbocycles. The van der Waals surface area contributed by atoms with Gasteiger partial charge in [0.05, 0.1) is 16.0 Å². The molecular weight excluding hydrogens is 484 g/mol. The Labute approximate surface area is 217 Å². The lowest BCUT2D eigenvalue weighted by Gasteiger charge is -2.63. The van der Waals surface area contributed by atoms with E-state index >= 15 is 0 Å². The predicted octanol–water partition coefficient (Wildman–Crippen LogP) is 4.82. The lowest BCUT2D eigenvalue weighted by molar-refractivity contribution is -0.152. The third-order valence-electron chi connectivity index (χ3n) is 8.26. The summed E-state index contributed by atoms with van der Waals surface area (Å²) >= 11 is 0. The van der Waals surface area contributed by atoms with Crippen LogP contribution in [0.5, 0.6) is 5.75 Å². The molecule has 1 spiro atoms. The molecule has 2 bridgehead atoms. The molecule has 188 valence electrons. The number of hydrogen-bond acceptors (Lipinski definition) is 5. The summed E-state index contributed by atoms with van der Waals surface area (Å²) in [5.74, 6) is 6.44. The van der Waals surface area contributed by atoms with Gasteiger partial charge in [-0.2, -0.15) is 0 Å². The molecule has 1 saturated carbocycles. The Kier molecular flexibility index (Phi) is 5.36. The highest BCUT2D eigenvalue weighted by molar-refractivity contribution is 7.89. The van der Waals surface area contributed by atoms with Crippen LogP contribution in [0.2, 0.25) is 0 Å². The second kappa shape index (κ2) is 8.39. The molecule has 3 heterocycles. The van der Waals surface area contributed by atoms with Gasteiger partial charge in [0.15, 0.2) is 0 Å². The number of piperidine rings is 2. The molecule has 37 heavy (non-hydrogen) atoms. The maximum atomic E-state index is 14.3. The summed E-state index contributed by atoms with van der Waals surface area (Å²) in [5.41, 5.74) is 0.336. The number of carbonyl (C=O) groups is 1. The van der Waals surface area contributed by atoms with Crippen LogP contribution >= 0.6 is 0 Å². The smallest absolute Gasteiger partial charge is 0.268 e. The standard InChI is InChI=1S/C30H28N2O4S/c1-22-12-14-24(15-13-22)37(35,36)32-27-17-20-29(28(32)34)18-7-19-30(29,21-16-23-8-3-2-4-9-23)31(27)25-10-5-6-11-26(25)33/h2-6,8-15,27,33H,7,17-20H2,1H3/t27-,29-,30+/m0/s1. The fraction of sp³-hybridized carbons (Fsp3) is 0.300. The van der Waals surface area contributed by atoms with Crippen LogP contribution in [0.1, 0.15) is 43.2 Å². The number of aryl methyl sites for hydroxylation is 1. The Morgan fingerprint density at radius 1 is 0.919 bits per heavy atom. The molecule has 0 radical (unpaired) electrons. The summed E-state index contributed by atoms with van der Waals surface area (Å²) in [6.45, 7) is 1.89. The Hall–Kier alpha value is -3.76. The van der Waals surface area contributed by atoms with Crippen LogP contribution in [0.3, 0.4) is 0 Å². The Bertz CT molecular complexity index is 1540. The number of benzene rings is 3. The van der Waals surface area contributed by atoms with Crippen molar-refractivity contribution in [2.75, 3.05) is 4.90 Å². The van der Waals surface area contributed by atoms with Crippen LogP contribution in [-0.4, -0.2) is 35.4 Å². The molecule has 3 aliphatic heterocycles. The van der Waals surface area contributed by atoms with E-state index in [0.29, 0.717) is 31.4 Å². The lowest BCUT2D eigenvalue weighted by atomic mass is 9.61. The predicted molar refractivity (Wildman–Crippen MR) is 141 cm³/mol. The largest absolute Gasteiger partial charge is 0.506 e. The number of rotatable bonds is 3. The Balaban J connectivity index is 1.58. The second-order valence-electron chi connectivity index (χ2n) is 10.2. The molecule has 6 nitrogen and oxygen atoms in total. The van der Waals surface area contributed by atoms with Gasteiger partial charge < -0.3 is 10.0 Å². The highest BCUT2D eigenvalue weighted by Crippen LogP contribution is 2.63. The zero-order chi connectivity index (χ0) is 25.8. The van der Waals surface area contributed by atoms with Crippen molar-refractivity contribution in [2.45, 2.75) is 55.6 Å². The highest BCUT2D eigenvalue weighted by Gasteiger charge is 2.72. The molecule has 7 rings (SSSR count). The van der Waals surface area contributed by atoms with E-state index < -0.39 is 27.1 Å². The third kappa shape index (κ3) is 3.32. The third-order valence-corrected chi connectivity index (χ3v) is 10.1. The van der Waals surface area contributed by atoms with Crippen LogP contribution in [0.4, 0.5) is 5.69 Å². The topological polar surface area (TPSA) is 77.9 Å². The Morgan fingerprint density at radius 2 is 1.62 bits per heavy atom. The van der Waals surface area contributed by atoms with Crippen LogP contribution in [0, 0.1) is 24.2 Å². The average molecular weight is 513 g/mol. The van der Waals surface area contributed by atoms with Gasteiger partial charge in [0, 0.05) is 5.56 Å². The van der Waals surface area contributed by atoms with Crippen LogP contribution in [-0.2, 0) is 14.8 Å². The number of phenolic OH excluding ortho intramolecular Hbond substituents is 1. The first-order valence-corrected chi connectivity index (χ1v) is 14.1. The van der Waals surface area contributed by atoms with E-state index in [0.717, 1.165) is 21.9 Å². The first kappa shape index (κ1) is 23.6. The van der Waals surface area contributed by atoms with Crippen molar-refractivity contribution in [3.8, 4) is 17.6 Å².